The van der Waals surface area contributed by atoms with Crippen molar-refractivity contribution in [1.82, 2.24) is 0 Å². The highest BCUT2D eigenvalue weighted by atomic mass is 16.5. The van der Waals surface area contributed by atoms with E-state index in [9.17, 15) is 4.79 Å². The smallest absolute Gasteiger partial charge is 0.330 e. The van der Waals surface area contributed by atoms with Gasteiger partial charge in [0, 0.05) is 6.08 Å². The minimum absolute atomic E-state index is 0.147. The van der Waals surface area contributed by atoms with Crippen LogP contribution in [-0.2, 0) is 9.53 Å². The van der Waals surface area contributed by atoms with Crippen molar-refractivity contribution >= 4 is 5.97 Å². The molecule has 2 heteroatoms. The first-order chi connectivity index (χ1) is 6.81. The number of hydrogen-bond donors (Lipinski definition) is 0. The van der Waals surface area contributed by atoms with Crippen molar-refractivity contribution in [3.8, 4) is 0 Å². The van der Waals surface area contributed by atoms with Gasteiger partial charge >= 0.3 is 5.97 Å². The molecule has 2 nitrogen and oxygen atoms in total. The summed E-state index contributed by atoms with van der Waals surface area (Å²) < 4.78 is 4.91. The van der Waals surface area contributed by atoms with Gasteiger partial charge in [-0.3, -0.25) is 0 Å². The second kappa shape index (κ2) is 4.16. The highest BCUT2D eigenvalue weighted by Gasteiger charge is 2.37. The molecule has 0 radical (unpaired) electrons. The van der Waals surface area contributed by atoms with E-state index in [-0.39, 0.29) is 5.97 Å². The summed E-state index contributed by atoms with van der Waals surface area (Å²) in [4.78, 5) is 11.2. The van der Waals surface area contributed by atoms with Crippen molar-refractivity contribution in [2.75, 3.05) is 6.61 Å². The molecule has 0 N–H and O–H groups in total. The molecular formula is C12H18O2. The topological polar surface area (TPSA) is 26.3 Å². The first kappa shape index (κ1) is 9.75. The van der Waals surface area contributed by atoms with Gasteiger partial charge in [-0.25, -0.2) is 4.79 Å². The Balaban J connectivity index is 1.91. The second-order valence-electron chi connectivity index (χ2n) is 4.33. The van der Waals surface area contributed by atoms with Gasteiger partial charge in [0.15, 0.2) is 0 Å². The predicted octanol–water partition coefficient (Wildman–Crippen LogP) is 2.69. The van der Waals surface area contributed by atoms with Gasteiger partial charge in [0.05, 0.1) is 6.61 Å². The first-order valence-electron chi connectivity index (χ1n) is 5.68. The molecule has 2 atom stereocenters. The molecule has 78 valence electrons. The summed E-state index contributed by atoms with van der Waals surface area (Å²) in [5.41, 5.74) is 1.34. The number of esters is 1. The molecular weight excluding hydrogens is 176 g/mol. The lowest BCUT2D eigenvalue weighted by molar-refractivity contribution is -0.137. The Morgan fingerprint density at radius 1 is 1.50 bits per heavy atom. The minimum atomic E-state index is -0.147. The Hall–Kier alpha value is -0.790. The average molecular weight is 194 g/mol. The largest absolute Gasteiger partial charge is 0.463 e. The third-order valence-corrected chi connectivity index (χ3v) is 3.47. The molecule has 0 spiro atoms. The van der Waals surface area contributed by atoms with E-state index in [1.165, 1.54) is 31.3 Å². The molecule has 0 aromatic heterocycles. The third kappa shape index (κ3) is 1.84. The number of rotatable bonds is 2. The van der Waals surface area contributed by atoms with Gasteiger partial charge in [-0.15, -0.1) is 0 Å². The SMILES string of the molecule is CCOC(=O)/C=C1\CC2CCCCC12. The van der Waals surface area contributed by atoms with Crippen molar-refractivity contribution in [2.45, 2.75) is 39.0 Å². The number of allylic oxidation sites excluding steroid dienone is 1. The van der Waals surface area contributed by atoms with E-state index in [1.807, 2.05) is 6.92 Å². The zero-order chi connectivity index (χ0) is 9.97. The van der Waals surface area contributed by atoms with Gasteiger partial charge in [-0.2, -0.15) is 0 Å². The predicted molar refractivity (Wildman–Crippen MR) is 54.8 cm³/mol. The molecule has 2 aliphatic carbocycles. The fourth-order valence-corrected chi connectivity index (χ4v) is 2.74. The maximum Gasteiger partial charge on any atom is 0.330 e. The van der Waals surface area contributed by atoms with Gasteiger partial charge < -0.3 is 4.74 Å². The fourth-order valence-electron chi connectivity index (χ4n) is 2.74. The van der Waals surface area contributed by atoms with Crippen LogP contribution < -0.4 is 0 Å². The van der Waals surface area contributed by atoms with E-state index in [4.69, 9.17) is 4.74 Å². The van der Waals surface area contributed by atoms with Crippen LogP contribution >= 0.6 is 0 Å². The van der Waals surface area contributed by atoms with Crippen LogP contribution in [0, 0.1) is 11.8 Å². The molecule has 0 aromatic carbocycles. The highest BCUT2D eigenvalue weighted by Crippen LogP contribution is 2.48. The standard InChI is InChI=1S/C12H18O2/c1-2-14-12(13)8-10-7-9-5-3-4-6-11(9)10/h8-9,11H,2-7H2,1H3/b10-8+. The molecule has 2 saturated carbocycles. The number of carbonyl (C=O) groups is 1. The molecule has 14 heavy (non-hydrogen) atoms. The molecule has 2 unspecified atom stereocenters. The lowest BCUT2D eigenvalue weighted by atomic mass is 9.62. The summed E-state index contributed by atoms with van der Waals surface area (Å²) in [7, 11) is 0. The molecule has 2 rings (SSSR count). The van der Waals surface area contributed by atoms with E-state index in [1.54, 1.807) is 6.08 Å². The maximum atomic E-state index is 11.2. The molecule has 0 aliphatic heterocycles. The zero-order valence-corrected chi connectivity index (χ0v) is 8.79. The van der Waals surface area contributed by atoms with Gasteiger partial charge in [0.25, 0.3) is 0 Å². The monoisotopic (exact) mass is 194 g/mol. The summed E-state index contributed by atoms with van der Waals surface area (Å²) in [6.07, 6.45) is 8.25. The Bertz CT molecular complexity index is 255. The third-order valence-electron chi connectivity index (χ3n) is 3.47. The maximum absolute atomic E-state index is 11.2. The summed E-state index contributed by atoms with van der Waals surface area (Å²) in [5, 5.41) is 0. The van der Waals surface area contributed by atoms with Gasteiger partial charge in [0.2, 0.25) is 0 Å². The lowest BCUT2D eigenvalue weighted by Crippen LogP contribution is -2.32. The van der Waals surface area contributed by atoms with Gasteiger partial charge in [0.1, 0.15) is 0 Å². The minimum Gasteiger partial charge on any atom is -0.463 e. The molecule has 0 aromatic rings. The molecule has 2 aliphatic rings. The Morgan fingerprint density at radius 3 is 3.00 bits per heavy atom. The first-order valence-corrected chi connectivity index (χ1v) is 5.68. The van der Waals surface area contributed by atoms with Gasteiger partial charge in [-0.1, -0.05) is 18.4 Å². The van der Waals surface area contributed by atoms with Crippen LogP contribution in [0.15, 0.2) is 11.6 Å². The zero-order valence-electron chi connectivity index (χ0n) is 8.79. The van der Waals surface area contributed by atoms with E-state index in [2.05, 4.69) is 0 Å². The normalized spacial score (nSPS) is 33.4. The van der Waals surface area contributed by atoms with E-state index in [0.717, 1.165) is 12.3 Å². The summed E-state index contributed by atoms with van der Waals surface area (Å²) in [6.45, 7) is 2.33. The molecule has 0 heterocycles. The fraction of sp³-hybridized carbons (Fsp3) is 0.750. The Morgan fingerprint density at radius 2 is 2.29 bits per heavy atom. The van der Waals surface area contributed by atoms with Crippen molar-refractivity contribution in [2.24, 2.45) is 11.8 Å². The number of ether oxygens (including phenoxy) is 1. The Labute approximate surface area is 85.3 Å². The average Bonchev–Trinajstić information content (AvgIpc) is 2.15. The Kier molecular flexibility index (Phi) is 2.90. The summed E-state index contributed by atoms with van der Waals surface area (Å²) >= 11 is 0. The number of fused-ring (bicyclic) bond motifs is 1. The molecule has 0 saturated heterocycles. The highest BCUT2D eigenvalue weighted by molar-refractivity contribution is 5.83. The summed E-state index contributed by atoms with van der Waals surface area (Å²) in [6, 6.07) is 0. The van der Waals surface area contributed by atoms with Crippen LogP contribution in [0.4, 0.5) is 0 Å². The van der Waals surface area contributed by atoms with Crippen LogP contribution in [0.2, 0.25) is 0 Å². The van der Waals surface area contributed by atoms with E-state index in [0.29, 0.717) is 12.5 Å². The number of hydrogen-bond acceptors (Lipinski definition) is 2. The summed E-state index contributed by atoms with van der Waals surface area (Å²) in [5.74, 6) is 1.45. The lowest BCUT2D eigenvalue weighted by Gasteiger charge is -2.43. The van der Waals surface area contributed by atoms with Crippen LogP contribution in [-0.4, -0.2) is 12.6 Å². The molecule has 0 bridgehead atoms. The van der Waals surface area contributed by atoms with Crippen LogP contribution in [0.25, 0.3) is 0 Å². The van der Waals surface area contributed by atoms with Gasteiger partial charge in [-0.05, 0) is 38.0 Å². The van der Waals surface area contributed by atoms with Crippen molar-refractivity contribution < 1.29 is 9.53 Å². The van der Waals surface area contributed by atoms with Crippen molar-refractivity contribution in [1.29, 1.82) is 0 Å². The van der Waals surface area contributed by atoms with Crippen LogP contribution in [0.5, 0.6) is 0 Å². The second-order valence-corrected chi connectivity index (χ2v) is 4.33. The van der Waals surface area contributed by atoms with Crippen molar-refractivity contribution in [3.05, 3.63) is 11.6 Å². The van der Waals surface area contributed by atoms with E-state index >= 15 is 0 Å². The number of carbonyl (C=O) groups excluding carboxylic acids is 1. The van der Waals surface area contributed by atoms with E-state index < -0.39 is 0 Å². The molecule has 2 fully saturated rings. The molecule has 0 amide bonds. The van der Waals surface area contributed by atoms with Crippen LogP contribution in [0.3, 0.4) is 0 Å². The van der Waals surface area contributed by atoms with Crippen molar-refractivity contribution in [3.63, 3.8) is 0 Å². The van der Waals surface area contributed by atoms with Crippen LogP contribution in [0.1, 0.15) is 39.0 Å². The quantitative estimate of drug-likeness (QED) is 0.499.